The molecular weight excluding hydrogens is 308 g/mol. The van der Waals surface area contributed by atoms with Gasteiger partial charge in [0, 0.05) is 19.6 Å². The summed E-state index contributed by atoms with van der Waals surface area (Å²) in [5.41, 5.74) is 0.969. The lowest BCUT2D eigenvalue weighted by Gasteiger charge is -2.38. The summed E-state index contributed by atoms with van der Waals surface area (Å²) in [6.45, 7) is 8.02. The highest BCUT2D eigenvalue weighted by atomic mass is 16.5. The second kappa shape index (κ2) is 8.35. The number of ether oxygens (including phenoxy) is 3. The number of nitrogens with zero attached hydrogens (tertiary/aromatic N) is 1. The summed E-state index contributed by atoms with van der Waals surface area (Å²) in [6.07, 6.45) is 0.296. The monoisotopic (exact) mass is 336 g/mol. The molecular formula is C18H28N2O4. The Morgan fingerprint density at radius 1 is 1.25 bits per heavy atom. The zero-order valence-corrected chi connectivity index (χ0v) is 15.2. The lowest BCUT2D eigenvalue weighted by molar-refractivity contribution is -0.131. The number of morpholine rings is 1. The Hall–Kier alpha value is -1.79. The Balaban J connectivity index is 1.92. The van der Waals surface area contributed by atoms with Gasteiger partial charge in [0.25, 0.3) is 0 Å². The molecule has 1 N–H and O–H groups in total. The van der Waals surface area contributed by atoms with Crippen LogP contribution < -0.4 is 14.8 Å². The van der Waals surface area contributed by atoms with Crippen molar-refractivity contribution in [2.45, 2.75) is 45.6 Å². The molecule has 1 aliphatic heterocycles. The van der Waals surface area contributed by atoms with E-state index in [9.17, 15) is 4.79 Å². The molecule has 24 heavy (non-hydrogen) atoms. The van der Waals surface area contributed by atoms with Gasteiger partial charge in [-0.1, -0.05) is 6.07 Å². The number of rotatable bonds is 6. The predicted molar refractivity (Wildman–Crippen MR) is 92.4 cm³/mol. The second-order valence-electron chi connectivity index (χ2n) is 6.29. The molecule has 6 nitrogen and oxygen atoms in total. The van der Waals surface area contributed by atoms with Gasteiger partial charge in [-0.15, -0.1) is 0 Å². The van der Waals surface area contributed by atoms with Crippen LogP contribution in [0.25, 0.3) is 0 Å². The molecule has 1 aromatic carbocycles. The van der Waals surface area contributed by atoms with Gasteiger partial charge in [-0.25, -0.2) is 0 Å². The number of amides is 1. The fraction of sp³-hybridized carbons (Fsp3) is 0.611. The summed E-state index contributed by atoms with van der Waals surface area (Å²) in [4.78, 5) is 14.6. The van der Waals surface area contributed by atoms with Crippen LogP contribution in [0.5, 0.6) is 11.5 Å². The molecule has 0 spiro atoms. The average Bonchev–Trinajstić information content (AvgIpc) is 2.57. The normalized spacial score (nSPS) is 22.7. The van der Waals surface area contributed by atoms with E-state index in [2.05, 4.69) is 10.2 Å². The molecule has 0 aromatic heterocycles. The van der Waals surface area contributed by atoms with Gasteiger partial charge in [-0.2, -0.15) is 0 Å². The topological polar surface area (TPSA) is 60.0 Å². The van der Waals surface area contributed by atoms with Crippen LogP contribution >= 0.6 is 0 Å². The summed E-state index contributed by atoms with van der Waals surface area (Å²) < 4.78 is 16.2. The van der Waals surface area contributed by atoms with Crippen LogP contribution in [0.1, 0.15) is 26.3 Å². The Morgan fingerprint density at radius 3 is 2.46 bits per heavy atom. The molecule has 1 aliphatic rings. The first kappa shape index (κ1) is 18.5. The van der Waals surface area contributed by atoms with Gasteiger partial charge in [-0.3, -0.25) is 9.69 Å². The third-order valence-corrected chi connectivity index (χ3v) is 4.29. The molecule has 3 atom stereocenters. The molecule has 0 aliphatic carbocycles. The maximum absolute atomic E-state index is 12.5. The number of carbonyl (C=O) groups excluding carboxylic acids is 1. The smallest absolute Gasteiger partial charge is 0.237 e. The Kier molecular flexibility index (Phi) is 6.45. The quantitative estimate of drug-likeness (QED) is 0.859. The van der Waals surface area contributed by atoms with Crippen molar-refractivity contribution in [3.63, 3.8) is 0 Å². The largest absolute Gasteiger partial charge is 0.493 e. The fourth-order valence-electron chi connectivity index (χ4n) is 3.03. The first-order valence-electron chi connectivity index (χ1n) is 8.32. The van der Waals surface area contributed by atoms with Crippen molar-refractivity contribution in [1.82, 2.24) is 10.2 Å². The van der Waals surface area contributed by atoms with Crippen molar-refractivity contribution in [3.05, 3.63) is 23.8 Å². The molecule has 1 amide bonds. The lowest BCUT2D eigenvalue weighted by Crippen LogP contribution is -2.53. The number of nitrogens with one attached hydrogen (secondary N) is 1. The van der Waals surface area contributed by atoms with E-state index in [1.807, 2.05) is 39.0 Å². The number of carbonyl (C=O) groups is 1. The van der Waals surface area contributed by atoms with Crippen molar-refractivity contribution in [3.8, 4) is 11.5 Å². The van der Waals surface area contributed by atoms with E-state index in [0.717, 1.165) is 18.7 Å². The second-order valence-corrected chi connectivity index (χ2v) is 6.29. The molecule has 1 heterocycles. The molecule has 1 fully saturated rings. The van der Waals surface area contributed by atoms with E-state index in [-0.39, 0.29) is 24.2 Å². The van der Waals surface area contributed by atoms with E-state index in [1.165, 1.54) is 0 Å². The van der Waals surface area contributed by atoms with Crippen molar-refractivity contribution in [2.24, 2.45) is 0 Å². The van der Waals surface area contributed by atoms with Crippen LogP contribution in [0.2, 0.25) is 0 Å². The molecule has 6 heteroatoms. The summed E-state index contributed by atoms with van der Waals surface area (Å²) >= 11 is 0. The SMILES string of the molecule is COc1ccc(CNC(=O)[C@H](C)N2C[C@H](C)O[C@@H](C)C2)cc1OC. The van der Waals surface area contributed by atoms with Gasteiger partial charge in [0.05, 0.1) is 32.5 Å². The number of benzene rings is 1. The average molecular weight is 336 g/mol. The standard InChI is InChI=1S/C18H28N2O4/c1-12-10-20(11-13(2)24-12)14(3)18(21)19-9-15-6-7-16(22-4)17(8-15)23-5/h6-8,12-14H,9-11H2,1-5H3,(H,19,21)/t12-,13-,14-/m0/s1. The first-order valence-corrected chi connectivity index (χ1v) is 8.32. The summed E-state index contributed by atoms with van der Waals surface area (Å²) in [5.74, 6) is 1.36. The highest BCUT2D eigenvalue weighted by Gasteiger charge is 2.29. The highest BCUT2D eigenvalue weighted by molar-refractivity contribution is 5.81. The van der Waals surface area contributed by atoms with Gasteiger partial charge in [0.15, 0.2) is 11.5 Å². The zero-order chi connectivity index (χ0) is 17.7. The van der Waals surface area contributed by atoms with Gasteiger partial charge < -0.3 is 19.5 Å². The molecule has 0 radical (unpaired) electrons. The molecule has 0 bridgehead atoms. The van der Waals surface area contributed by atoms with E-state index >= 15 is 0 Å². The third-order valence-electron chi connectivity index (χ3n) is 4.29. The maximum Gasteiger partial charge on any atom is 0.237 e. The Labute approximate surface area is 144 Å². The maximum atomic E-state index is 12.5. The minimum Gasteiger partial charge on any atom is -0.493 e. The third kappa shape index (κ3) is 4.61. The Bertz CT molecular complexity index is 554. The number of hydrogen-bond acceptors (Lipinski definition) is 5. The van der Waals surface area contributed by atoms with Crippen molar-refractivity contribution in [2.75, 3.05) is 27.3 Å². The first-order chi connectivity index (χ1) is 11.4. The van der Waals surface area contributed by atoms with E-state index < -0.39 is 0 Å². The highest BCUT2D eigenvalue weighted by Crippen LogP contribution is 2.27. The van der Waals surface area contributed by atoms with Crippen molar-refractivity contribution in [1.29, 1.82) is 0 Å². The van der Waals surface area contributed by atoms with Gasteiger partial charge in [0.2, 0.25) is 5.91 Å². The summed E-state index contributed by atoms with van der Waals surface area (Å²) in [7, 11) is 3.20. The zero-order valence-electron chi connectivity index (χ0n) is 15.2. The van der Waals surface area contributed by atoms with Crippen LogP contribution in [0.4, 0.5) is 0 Å². The van der Waals surface area contributed by atoms with E-state index in [1.54, 1.807) is 14.2 Å². The minimum atomic E-state index is -0.182. The van der Waals surface area contributed by atoms with Gasteiger partial charge in [-0.05, 0) is 38.5 Å². The molecule has 134 valence electrons. The lowest BCUT2D eigenvalue weighted by atomic mass is 10.1. The molecule has 0 unspecified atom stereocenters. The molecule has 0 saturated carbocycles. The van der Waals surface area contributed by atoms with Crippen molar-refractivity contribution < 1.29 is 19.0 Å². The van der Waals surface area contributed by atoms with Crippen LogP contribution in [0.15, 0.2) is 18.2 Å². The molecule has 1 saturated heterocycles. The number of methoxy groups -OCH3 is 2. The van der Waals surface area contributed by atoms with Crippen molar-refractivity contribution >= 4 is 5.91 Å². The minimum absolute atomic E-state index is 0.0195. The van der Waals surface area contributed by atoms with Crippen LogP contribution in [-0.4, -0.2) is 56.4 Å². The summed E-state index contributed by atoms with van der Waals surface area (Å²) in [5, 5.41) is 3.00. The Morgan fingerprint density at radius 2 is 1.88 bits per heavy atom. The number of hydrogen-bond donors (Lipinski definition) is 1. The van der Waals surface area contributed by atoms with Crippen LogP contribution in [0, 0.1) is 0 Å². The summed E-state index contributed by atoms with van der Waals surface area (Å²) in [6, 6.07) is 5.46. The van der Waals surface area contributed by atoms with E-state index in [4.69, 9.17) is 14.2 Å². The predicted octanol–water partition coefficient (Wildman–Crippen LogP) is 1.82. The van der Waals surface area contributed by atoms with Gasteiger partial charge in [0.1, 0.15) is 0 Å². The van der Waals surface area contributed by atoms with Gasteiger partial charge >= 0.3 is 0 Å². The fourth-order valence-corrected chi connectivity index (χ4v) is 3.03. The van der Waals surface area contributed by atoms with E-state index in [0.29, 0.717) is 18.0 Å². The molecule has 1 aromatic rings. The van der Waals surface area contributed by atoms with Crippen LogP contribution in [0.3, 0.4) is 0 Å². The van der Waals surface area contributed by atoms with Crippen LogP contribution in [-0.2, 0) is 16.1 Å². The molecule has 2 rings (SSSR count).